The molecule has 1 amide bonds. The van der Waals surface area contributed by atoms with E-state index in [4.69, 9.17) is 4.74 Å². The molecular formula is C25H28N2O4S. The van der Waals surface area contributed by atoms with E-state index in [1.54, 1.807) is 62.7 Å². The second-order valence-corrected chi connectivity index (χ2v) is 9.66. The van der Waals surface area contributed by atoms with Crippen molar-refractivity contribution in [3.63, 3.8) is 0 Å². The Balaban J connectivity index is 1.90. The summed E-state index contributed by atoms with van der Waals surface area (Å²) < 4.78 is 33.3. The van der Waals surface area contributed by atoms with Crippen LogP contribution < -0.4 is 9.64 Å². The van der Waals surface area contributed by atoms with Gasteiger partial charge in [-0.3, -0.25) is 4.79 Å². The Morgan fingerprint density at radius 1 is 0.906 bits per heavy atom. The second-order valence-electron chi connectivity index (χ2n) is 7.73. The first-order valence-corrected chi connectivity index (χ1v) is 11.7. The lowest BCUT2D eigenvalue weighted by Crippen LogP contribution is -2.41. The smallest absolute Gasteiger partial charge is 0.243 e. The van der Waals surface area contributed by atoms with Crippen molar-refractivity contribution in [2.24, 2.45) is 0 Å². The van der Waals surface area contributed by atoms with E-state index in [2.05, 4.69) is 0 Å². The number of likely N-dealkylation sites (N-methyl/N-ethyl adjacent to an activating group) is 1. The third kappa shape index (κ3) is 5.55. The number of carbonyl (C=O) groups excluding carboxylic acids is 1. The summed E-state index contributed by atoms with van der Waals surface area (Å²) in [6.45, 7) is 3.66. The van der Waals surface area contributed by atoms with Crippen molar-refractivity contribution in [1.29, 1.82) is 0 Å². The maximum absolute atomic E-state index is 13.4. The number of anilines is 1. The number of rotatable bonds is 8. The van der Waals surface area contributed by atoms with Gasteiger partial charge in [0.2, 0.25) is 15.9 Å². The van der Waals surface area contributed by atoms with Gasteiger partial charge < -0.3 is 9.64 Å². The molecule has 0 bridgehead atoms. The van der Waals surface area contributed by atoms with E-state index in [1.165, 1.54) is 9.21 Å². The minimum atomic E-state index is -3.88. The topological polar surface area (TPSA) is 66.9 Å². The highest BCUT2D eigenvalue weighted by molar-refractivity contribution is 7.89. The van der Waals surface area contributed by atoms with Gasteiger partial charge in [-0.15, -0.1) is 0 Å². The molecule has 0 aliphatic rings. The Hall–Kier alpha value is -3.16. The number of nitrogens with zero attached hydrogens (tertiary/aromatic N) is 2. The molecule has 6 nitrogen and oxygen atoms in total. The number of aryl methyl sites for hydroxylation is 2. The molecule has 3 aromatic rings. The van der Waals surface area contributed by atoms with Crippen LogP contribution in [0, 0.1) is 13.8 Å². The summed E-state index contributed by atoms with van der Waals surface area (Å²) in [5.41, 5.74) is 3.46. The fourth-order valence-corrected chi connectivity index (χ4v) is 4.68. The maximum Gasteiger partial charge on any atom is 0.243 e. The molecule has 32 heavy (non-hydrogen) atoms. The highest BCUT2D eigenvalue weighted by atomic mass is 32.2. The lowest BCUT2D eigenvalue weighted by molar-refractivity contribution is -0.118. The molecule has 0 heterocycles. The van der Waals surface area contributed by atoms with Gasteiger partial charge in [0.05, 0.1) is 18.6 Å². The highest BCUT2D eigenvalue weighted by Crippen LogP contribution is 2.22. The third-order valence-electron chi connectivity index (χ3n) is 5.25. The third-order valence-corrected chi connectivity index (χ3v) is 7.05. The van der Waals surface area contributed by atoms with Crippen LogP contribution in [0.3, 0.4) is 0 Å². The van der Waals surface area contributed by atoms with Crippen molar-refractivity contribution in [3.05, 3.63) is 89.5 Å². The molecule has 0 fully saturated rings. The van der Waals surface area contributed by atoms with Crippen LogP contribution in [-0.4, -0.2) is 39.3 Å². The first-order valence-electron chi connectivity index (χ1n) is 10.2. The molecule has 168 valence electrons. The number of sulfonamides is 1. The highest BCUT2D eigenvalue weighted by Gasteiger charge is 2.28. The number of ether oxygens (including phenoxy) is 1. The number of hydrogen-bond acceptors (Lipinski definition) is 4. The van der Waals surface area contributed by atoms with Gasteiger partial charge in [-0.05, 0) is 55.8 Å². The van der Waals surface area contributed by atoms with Crippen LogP contribution in [0.25, 0.3) is 0 Å². The van der Waals surface area contributed by atoms with Crippen molar-refractivity contribution in [2.75, 3.05) is 25.6 Å². The lowest BCUT2D eigenvalue weighted by Gasteiger charge is -2.25. The average Bonchev–Trinajstić information content (AvgIpc) is 2.78. The molecule has 3 rings (SSSR count). The average molecular weight is 453 g/mol. The van der Waals surface area contributed by atoms with Gasteiger partial charge in [-0.2, -0.15) is 4.31 Å². The van der Waals surface area contributed by atoms with Crippen LogP contribution in [0.15, 0.2) is 77.7 Å². The van der Waals surface area contributed by atoms with Crippen LogP contribution >= 0.6 is 0 Å². The summed E-state index contributed by atoms with van der Waals surface area (Å²) in [5.74, 6) is 0.344. The maximum atomic E-state index is 13.4. The summed E-state index contributed by atoms with van der Waals surface area (Å²) in [4.78, 5) is 14.7. The van der Waals surface area contributed by atoms with Crippen molar-refractivity contribution >= 4 is 21.6 Å². The van der Waals surface area contributed by atoms with E-state index >= 15 is 0 Å². The summed E-state index contributed by atoms with van der Waals surface area (Å²) in [5, 5.41) is 0. The SMILES string of the molecule is COc1ccc(N(C)C(=O)CN(Cc2cccc(C)c2)S(=O)(=O)c2ccc(C)cc2)cc1. The Labute approximate surface area is 190 Å². The molecule has 0 saturated heterocycles. The molecule has 7 heteroatoms. The van der Waals surface area contributed by atoms with E-state index in [1.807, 2.05) is 38.1 Å². The normalized spacial score (nSPS) is 11.4. The molecule has 0 spiro atoms. The van der Waals surface area contributed by atoms with E-state index < -0.39 is 10.0 Å². The van der Waals surface area contributed by atoms with Crippen molar-refractivity contribution in [1.82, 2.24) is 4.31 Å². The summed E-state index contributed by atoms with van der Waals surface area (Å²) >= 11 is 0. The zero-order valence-electron chi connectivity index (χ0n) is 18.8. The standard InChI is InChI=1S/C25H28N2O4S/c1-19-8-14-24(15-9-19)32(29,30)27(17-21-7-5-6-20(2)16-21)18-25(28)26(3)22-10-12-23(31-4)13-11-22/h5-16H,17-18H2,1-4H3. The van der Waals surface area contributed by atoms with Crippen molar-refractivity contribution in [3.8, 4) is 5.75 Å². The zero-order chi connectivity index (χ0) is 23.3. The molecule has 0 atom stereocenters. The Morgan fingerprint density at radius 2 is 1.56 bits per heavy atom. The number of benzene rings is 3. The van der Waals surface area contributed by atoms with Crippen molar-refractivity contribution < 1.29 is 17.9 Å². The second kappa shape index (κ2) is 9.97. The molecule has 3 aromatic carbocycles. The number of carbonyl (C=O) groups is 1. The van der Waals surface area contributed by atoms with Crippen LogP contribution in [0.1, 0.15) is 16.7 Å². The van der Waals surface area contributed by atoms with E-state index in [-0.39, 0.29) is 23.9 Å². The largest absolute Gasteiger partial charge is 0.497 e. The fourth-order valence-electron chi connectivity index (χ4n) is 3.31. The number of methoxy groups -OCH3 is 1. The molecule has 0 unspecified atom stereocenters. The predicted molar refractivity (Wildman–Crippen MR) is 126 cm³/mol. The summed E-state index contributed by atoms with van der Waals surface area (Å²) in [6, 6.07) is 21.3. The molecule has 0 aliphatic carbocycles. The summed E-state index contributed by atoms with van der Waals surface area (Å²) in [6.07, 6.45) is 0. The zero-order valence-corrected chi connectivity index (χ0v) is 19.6. The minimum absolute atomic E-state index is 0.0973. The van der Waals surface area contributed by atoms with Gasteiger partial charge in [-0.1, -0.05) is 47.5 Å². The van der Waals surface area contributed by atoms with Crippen LogP contribution in [0.4, 0.5) is 5.69 Å². The molecular weight excluding hydrogens is 424 g/mol. The van der Waals surface area contributed by atoms with Crippen LogP contribution in [0.5, 0.6) is 5.75 Å². The number of amides is 1. The minimum Gasteiger partial charge on any atom is -0.497 e. The predicted octanol–water partition coefficient (Wildman–Crippen LogP) is 4.17. The first-order chi connectivity index (χ1) is 15.2. The molecule has 0 radical (unpaired) electrons. The molecule has 0 aromatic heterocycles. The van der Waals surface area contributed by atoms with E-state index in [0.717, 1.165) is 16.7 Å². The molecule has 0 saturated carbocycles. The van der Waals surface area contributed by atoms with Gasteiger partial charge in [0.15, 0.2) is 0 Å². The van der Waals surface area contributed by atoms with E-state index in [9.17, 15) is 13.2 Å². The molecule has 0 aliphatic heterocycles. The van der Waals surface area contributed by atoms with Crippen LogP contribution in [0.2, 0.25) is 0 Å². The monoisotopic (exact) mass is 452 g/mol. The first kappa shape index (κ1) is 23.5. The fraction of sp³-hybridized carbons (Fsp3) is 0.240. The van der Waals surface area contributed by atoms with Gasteiger partial charge >= 0.3 is 0 Å². The van der Waals surface area contributed by atoms with Gasteiger partial charge in [0.25, 0.3) is 0 Å². The van der Waals surface area contributed by atoms with Gasteiger partial charge in [0.1, 0.15) is 5.75 Å². The van der Waals surface area contributed by atoms with Crippen molar-refractivity contribution in [2.45, 2.75) is 25.3 Å². The van der Waals surface area contributed by atoms with Gasteiger partial charge in [0, 0.05) is 19.3 Å². The molecule has 0 N–H and O–H groups in total. The van der Waals surface area contributed by atoms with Gasteiger partial charge in [-0.25, -0.2) is 8.42 Å². The Bertz CT molecular complexity index is 1170. The lowest BCUT2D eigenvalue weighted by atomic mass is 10.1. The Kier molecular flexibility index (Phi) is 7.33. The van der Waals surface area contributed by atoms with Crippen LogP contribution in [-0.2, 0) is 21.4 Å². The van der Waals surface area contributed by atoms with E-state index in [0.29, 0.717) is 11.4 Å². The Morgan fingerprint density at radius 3 is 2.16 bits per heavy atom. The number of hydrogen-bond donors (Lipinski definition) is 0. The summed E-state index contributed by atoms with van der Waals surface area (Å²) in [7, 11) is -0.680. The quantitative estimate of drug-likeness (QED) is 0.515.